The number of ether oxygens (including phenoxy) is 1. The molecule has 0 saturated carbocycles. The first-order valence-electron chi connectivity index (χ1n) is 7.70. The van der Waals surface area contributed by atoms with E-state index in [1.165, 1.54) is 0 Å². The Kier molecular flexibility index (Phi) is 3.93. The number of nitrogens with zero attached hydrogens (tertiary/aromatic N) is 1. The van der Waals surface area contributed by atoms with Crippen molar-refractivity contribution in [3.05, 3.63) is 83.4 Å². The zero-order chi connectivity index (χ0) is 16.4. The number of nitrogens with one attached hydrogen (secondary N) is 1. The lowest BCUT2D eigenvalue weighted by Gasteiger charge is -2.07. The molecule has 4 rings (SSSR count). The van der Waals surface area contributed by atoms with Gasteiger partial charge in [0.25, 0.3) is 0 Å². The van der Waals surface area contributed by atoms with Crippen molar-refractivity contribution in [1.29, 1.82) is 0 Å². The molecule has 3 aromatic carbocycles. The van der Waals surface area contributed by atoms with Gasteiger partial charge in [-0.15, -0.1) is 0 Å². The van der Waals surface area contributed by atoms with E-state index in [9.17, 15) is 0 Å². The third kappa shape index (κ3) is 3.12. The molecule has 24 heavy (non-hydrogen) atoms. The standard InChI is InChI=1S/C20H15ClN2O/c21-16-5-3-4-14(12-16)13-24-17-10-8-15(9-11-17)20-22-18-6-1-2-7-19(18)23-20/h1-12H,13H2,(H,22,23). The number of H-pyrrole nitrogens is 1. The van der Waals surface area contributed by atoms with E-state index in [1.807, 2.05) is 72.8 Å². The number of imidazole rings is 1. The molecule has 4 aromatic rings. The second-order valence-electron chi connectivity index (χ2n) is 5.55. The highest BCUT2D eigenvalue weighted by molar-refractivity contribution is 6.30. The van der Waals surface area contributed by atoms with Crippen LogP contribution in [0.3, 0.4) is 0 Å². The van der Waals surface area contributed by atoms with Gasteiger partial charge in [0, 0.05) is 10.6 Å². The molecule has 0 aliphatic heterocycles. The molecule has 0 radical (unpaired) electrons. The SMILES string of the molecule is Clc1cccc(COc2ccc(-c3nc4ccccc4[nH]3)cc2)c1. The summed E-state index contributed by atoms with van der Waals surface area (Å²) >= 11 is 5.98. The van der Waals surface area contributed by atoms with E-state index in [0.717, 1.165) is 38.8 Å². The van der Waals surface area contributed by atoms with Crippen LogP contribution in [0.5, 0.6) is 5.75 Å². The van der Waals surface area contributed by atoms with Crippen molar-refractivity contribution in [3.63, 3.8) is 0 Å². The smallest absolute Gasteiger partial charge is 0.138 e. The number of aromatic amines is 1. The van der Waals surface area contributed by atoms with Gasteiger partial charge in [0.05, 0.1) is 11.0 Å². The fourth-order valence-electron chi connectivity index (χ4n) is 2.59. The lowest BCUT2D eigenvalue weighted by atomic mass is 10.2. The molecule has 118 valence electrons. The average molecular weight is 335 g/mol. The van der Waals surface area contributed by atoms with Gasteiger partial charge in [-0.25, -0.2) is 4.98 Å². The first-order valence-corrected chi connectivity index (χ1v) is 8.08. The molecule has 0 saturated heterocycles. The van der Waals surface area contributed by atoms with Gasteiger partial charge in [-0.05, 0) is 54.1 Å². The number of para-hydroxylation sites is 2. The van der Waals surface area contributed by atoms with Crippen LogP contribution in [0.1, 0.15) is 5.56 Å². The Morgan fingerprint density at radius 2 is 1.75 bits per heavy atom. The van der Waals surface area contributed by atoms with Crippen molar-refractivity contribution < 1.29 is 4.74 Å². The van der Waals surface area contributed by atoms with Crippen molar-refractivity contribution in [2.45, 2.75) is 6.61 Å². The highest BCUT2D eigenvalue weighted by Gasteiger charge is 2.05. The Labute approximate surface area is 144 Å². The molecule has 0 amide bonds. The maximum atomic E-state index is 5.98. The van der Waals surface area contributed by atoms with Gasteiger partial charge < -0.3 is 9.72 Å². The number of rotatable bonds is 4. The zero-order valence-corrected chi connectivity index (χ0v) is 13.6. The molecule has 0 atom stereocenters. The predicted octanol–water partition coefficient (Wildman–Crippen LogP) is 5.46. The molecular formula is C20H15ClN2O. The molecule has 0 aliphatic rings. The topological polar surface area (TPSA) is 37.9 Å². The van der Waals surface area contributed by atoms with E-state index in [1.54, 1.807) is 0 Å². The van der Waals surface area contributed by atoms with Gasteiger partial charge >= 0.3 is 0 Å². The van der Waals surface area contributed by atoms with E-state index < -0.39 is 0 Å². The van der Waals surface area contributed by atoms with E-state index in [4.69, 9.17) is 16.3 Å². The molecular weight excluding hydrogens is 320 g/mol. The van der Waals surface area contributed by atoms with E-state index in [0.29, 0.717) is 6.61 Å². The van der Waals surface area contributed by atoms with Gasteiger partial charge in [0.15, 0.2) is 0 Å². The predicted molar refractivity (Wildman–Crippen MR) is 97.3 cm³/mol. The maximum Gasteiger partial charge on any atom is 0.138 e. The summed E-state index contributed by atoms with van der Waals surface area (Å²) in [5, 5.41) is 0.719. The van der Waals surface area contributed by atoms with Gasteiger partial charge in [0.2, 0.25) is 0 Å². The zero-order valence-electron chi connectivity index (χ0n) is 12.9. The average Bonchev–Trinajstić information content (AvgIpc) is 3.05. The first kappa shape index (κ1) is 14.8. The highest BCUT2D eigenvalue weighted by Crippen LogP contribution is 2.23. The van der Waals surface area contributed by atoms with E-state index >= 15 is 0 Å². The lowest BCUT2D eigenvalue weighted by Crippen LogP contribution is -1.95. The minimum atomic E-state index is 0.491. The molecule has 0 unspecified atom stereocenters. The van der Waals surface area contributed by atoms with Crippen LogP contribution in [-0.4, -0.2) is 9.97 Å². The van der Waals surface area contributed by atoms with Crippen LogP contribution in [0.15, 0.2) is 72.8 Å². The van der Waals surface area contributed by atoms with E-state index in [2.05, 4.69) is 9.97 Å². The molecule has 0 aliphatic carbocycles. The number of aromatic nitrogens is 2. The maximum absolute atomic E-state index is 5.98. The number of hydrogen-bond donors (Lipinski definition) is 1. The minimum Gasteiger partial charge on any atom is -0.489 e. The van der Waals surface area contributed by atoms with Crippen LogP contribution >= 0.6 is 11.6 Å². The summed E-state index contributed by atoms with van der Waals surface area (Å²) in [7, 11) is 0. The molecule has 0 spiro atoms. The van der Waals surface area contributed by atoms with Crippen LogP contribution in [0, 0.1) is 0 Å². The van der Waals surface area contributed by atoms with Crippen LogP contribution in [0.2, 0.25) is 5.02 Å². The van der Waals surface area contributed by atoms with Crippen molar-refractivity contribution >= 4 is 22.6 Å². The number of fused-ring (bicyclic) bond motifs is 1. The number of hydrogen-bond acceptors (Lipinski definition) is 2. The molecule has 0 fully saturated rings. The summed E-state index contributed by atoms with van der Waals surface area (Å²) in [6.45, 7) is 0.491. The minimum absolute atomic E-state index is 0.491. The fraction of sp³-hybridized carbons (Fsp3) is 0.0500. The molecule has 1 N–H and O–H groups in total. The van der Waals surface area contributed by atoms with Crippen LogP contribution in [0.4, 0.5) is 0 Å². The number of benzene rings is 3. The monoisotopic (exact) mass is 334 g/mol. The van der Waals surface area contributed by atoms with Crippen LogP contribution in [-0.2, 0) is 6.61 Å². The quantitative estimate of drug-likeness (QED) is 0.538. The van der Waals surface area contributed by atoms with Crippen LogP contribution in [0.25, 0.3) is 22.4 Å². The summed E-state index contributed by atoms with van der Waals surface area (Å²) < 4.78 is 5.81. The van der Waals surface area contributed by atoms with Crippen LogP contribution < -0.4 is 4.74 Å². The number of halogens is 1. The Morgan fingerprint density at radius 3 is 2.54 bits per heavy atom. The fourth-order valence-corrected chi connectivity index (χ4v) is 2.80. The van der Waals surface area contributed by atoms with Crippen molar-refractivity contribution in [2.24, 2.45) is 0 Å². The summed E-state index contributed by atoms with van der Waals surface area (Å²) in [6.07, 6.45) is 0. The summed E-state index contributed by atoms with van der Waals surface area (Å²) in [5.41, 5.74) is 4.08. The van der Waals surface area contributed by atoms with Crippen molar-refractivity contribution in [2.75, 3.05) is 0 Å². The molecule has 1 heterocycles. The normalized spacial score (nSPS) is 10.9. The Morgan fingerprint density at radius 1 is 0.917 bits per heavy atom. The van der Waals surface area contributed by atoms with Gasteiger partial charge in [-0.3, -0.25) is 0 Å². The summed E-state index contributed by atoms with van der Waals surface area (Å²) in [5.74, 6) is 1.67. The summed E-state index contributed by atoms with van der Waals surface area (Å²) in [6, 6.07) is 23.6. The highest BCUT2D eigenvalue weighted by atomic mass is 35.5. The lowest BCUT2D eigenvalue weighted by molar-refractivity contribution is 0.306. The largest absolute Gasteiger partial charge is 0.489 e. The van der Waals surface area contributed by atoms with Crippen molar-refractivity contribution in [1.82, 2.24) is 9.97 Å². The second kappa shape index (κ2) is 6.38. The molecule has 3 nitrogen and oxygen atoms in total. The molecule has 0 bridgehead atoms. The summed E-state index contributed by atoms with van der Waals surface area (Å²) in [4.78, 5) is 7.93. The third-order valence-corrected chi connectivity index (χ3v) is 4.05. The van der Waals surface area contributed by atoms with E-state index in [-0.39, 0.29) is 0 Å². The van der Waals surface area contributed by atoms with Gasteiger partial charge in [0.1, 0.15) is 18.2 Å². The third-order valence-electron chi connectivity index (χ3n) is 3.81. The second-order valence-corrected chi connectivity index (χ2v) is 5.98. The van der Waals surface area contributed by atoms with Crippen molar-refractivity contribution in [3.8, 4) is 17.1 Å². The Bertz CT molecular complexity index is 943. The first-order chi connectivity index (χ1) is 11.8. The Balaban J connectivity index is 1.50. The van der Waals surface area contributed by atoms with Gasteiger partial charge in [-0.2, -0.15) is 0 Å². The van der Waals surface area contributed by atoms with Gasteiger partial charge in [-0.1, -0.05) is 35.9 Å². The Hall–Kier alpha value is -2.78. The molecule has 1 aromatic heterocycles. The molecule has 4 heteroatoms.